The predicted octanol–water partition coefficient (Wildman–Crippen LogP) is 1.56. The van der Waals surface area contributed by atoms with Crippen molar-refractivity contribution >= 4 is 11.6 Å². The molecule has 0 spiro atoms. The summed E-state index contributed by atoms with van der Waals surface area (Å²) >= 11 is 0. The number of fused-ring (bicyclic) bond motifs is 1. The summed E-state index contributed by atoms with van der Waals surface area (Å²) in [6.07, 6.45) is 2.17. The second-order valence-corrected chi connectivity index (χ2v) is 3.94. The van der Waals surface area contributed by atoms with Crippen molar-refractivity contribution in [3.8, 4) is 0 Å². The maximum atomic E-state index is 11.0. The lowest BCUT2D eigenvalue weighted by Crippen LogP contribution is -2.20. The fraction of sp³-hybridized carbons (Fsp3) is 0.417. The molecule has 1 aromatic rings. The van der Waals surface area contributed by atoms with Gasteiger partial charge in [0.1, 0.15) is 0 Å². The van der Waals surface area contributed by atoms with Crippen LogP contribution in [0.4, 0.5) is 5.69 Å². The first-order valence-electron chi connectivity index (χ1n) is 5.40. The Morgan fingerprint density at radius 3 is 3.00 bits per heavy atom. The molecule has 1 aromatic carbocycles. The second-order valence-electron chi connectivity index (χ2n) is 3.94. The number of rotatable bonds is 3. The highest BCUT2D eigenvalue weighted by Gasteiger charge is 2.18. The lowest BCUT2D eigenvalue weighted by Gasteiger charge is -2.18. The Hall–Kier alpha value is -1.51. The molecule has 2 N–H and O–H groups in total. The quantitative estimate of drug-likeness (QED) is 0.812. The Balaban J connectivity index is 2.29. The van der Waals surface area contributed by atoms with Crippen LogP contribution in [0.2, 0.25) is 0 Å². The van der Waals surface area contributed by atoms with Crippen LogP contribution in [0.1, 0.15) is 29.3 Å². The first-order chi connectivity index (χ1) is 7.22. The summed E-state index contributed by atoms with van der Waals surface area (Å²) in [5, 5.41) is 0. The minimum atomic E-state index is -0.341. The average Bonchev–Trinajstić information content (AvgIpc) is 2.61. The normalized spacial score (nSPS) is 14.1. The van der Waals surface area contributed by atoms with Crippen LogP contribution in [0.25, 0.3) is 0 Å². The summed E-state index contributed by atoms with van der Waals surface area (Å²) in [5.74, 6) is -0.341. The number of carbonyl (C=O) groups is 1. The Bertz CT molecular complexity index is 387. The van der Waals surface area contributed by atoms with Crippen LogP contribution >= 0.6 is 0 Å². The third-order valence-electron chi connectivity index (χ3n) is 2.85. The molecule has 0 aliphatic carbocycles. The first-order valence-corrected chi connectivity index (χ1v) is 5.40. The highest BCUT2D eigenvalue weighted by atomic mass is 16.1. The predicted molar refractivity (Wildman–Crippen MR) is 61.2 cm³/mol. The largest absolute Gasteiger partial charge is 0.371 e. The molecule has 0 atom stereocenters. The summed E-state index contributed by atoms with van der Waals surface area (Å²) in [6, 6.07) is 5.75. The third kappa shape index (κ3) is 1.82. The van der Waals surface area contributed by atoms with Crippen molar-refractivity contribution < 1.29 is 4.79 Å². The first kappa shape index (κ1) is 10.0. The van der Waals surface area contributed by atoms with Gasteiger partial charge in [-0.15, -0.1) is 0 Å². The molecule has 0 saturated carbocycles. The van der Waals surface area contributed by atoms with Gasteiger partial charge in [-0.3, -0.25) is 4.79 Å². The number of hydrogen-bond donors (Lipinski definition) is 1. The van der Waals surface area contributed by atoms with Crippen LogP contribution in [-0.2, 0) is 6.42 Å². The fourth-order valence-electron chi connectivity index (χ4n) is 2.13. The molecule has 1 heterocycles. The van der Waals surface area contributed by atoms with Gasteiger partial charge in [0.2, 0.25) is 5.91 Å². The number of carbonyl (C=O) groups excluding carboxylic acids is 1. The fourth-order valence-corrected chi connectivity index (χ4v) is 2.13. The van der Waals surface area contributed by atoms with Gasteiger partial charge < -0.3 is 10.6 Å². The molecule has 0 saturated heterocycles. The minimum Gasteiger partial charge on any atom is -0.371 e. The van der Waals surface area contributed by atoms with Crippen molar-refractivity contribution in [2.75, 3.05) is 18.0 Å². The Labute approximate surface area is 89.9 Å². The molecule has 1 amide bonds. The van der Waals surface area contributed by atoms with Crippen molar-refractivity contribution in [1.29, 1.82) is 0 Å². The molecule has 15 heavy (non-hydrogen) atoms. The van der Waals surface area contributed by atoms with Crippen LogP contribution in [0.15, 0.2) is 18.2 Å². The summed E-state index contributed by atoms with van der Waals surface area (Å²) in [7, 11) is 0. The number of benzene rings is 1. The summed E-state index contributed by atoms with van der Waals surface area (Å²) in [4.78, 5) is 13.4. The lowest BCUT2D eigenvalue weighted by atomic mass is 10.1. The molecule has 1 aliphatic rings. The summed E-state index contributed by atoms with van der Waals surface area (Å²) in [5.41, 5.74) is 8.38. The van der Waals surface area contributed by atoms with E-state index in [4.69, 9.17) is 5.73 Å². The monoisotopic (exact) mass is 204 g/mol. The number of nitrogens with two attached hydrogens (primary N) is 1. The molecule has 0 fully saturated rings. The van der Waals surface area contributed by atoms with Crippen LogP contribution in [0.5, 0.6) is 0 Å². The number of hydrogen-bond acceptors (Lipinski definition) is 2. The SMILES string of the molecule is CCCN1CCc2cc(C(N)=O)ccc21. The van der Waals surface area contributed by atoms with E-state index in [2.05, 4.69) is 11.8 Å². The van der Waals surface area contributed by atoms with Gasteiger partial charge >= 0.3 is 0 Å². The van der Waals surface area contributed by atoms with Crippen LogP contribution in [-0.4, -0.2) is 19.0 Å². The van der Waals surface area contributed by atoms with E-state index < -0.39 is 0 Å². The molecule has 3 nitrogen and oxygen atoms in total. The van der Waals surface area contributed by atoms with Crippen molar-refractivity contribution in [3.63, 3.8) is 0 Å². The highest BCUT2D eigenvalue weighted by Crippen LogP contribution is 2.28. The van der Waals surface area contributed by atoms with Crippen LogP contribution in [0.3, 0.4) is 0 Å². The van der Waals surface area contributed by atoms with Gasteiger partial charge in [-0.2, -0.15) is 0 Å². The number of primary amides is 1. The maximum absolute atomic E-state index is 11.0. The highest BCUT2D eigenvalue weighted by molar-refractivity contribution is 5.93. The van der Waals surface area contributed by atoms with E-state index in [-0.39, 0.29) is 5.91 Å². The van der Waals surface area contributed by atoms with E-state index >= 15 is 0 Å². The molecule has 80 valence electrons. The van der Waals surface area contributed by atoms with Crippen molar-refractivity contribution in [2.45, 2.75) is 19.8 Å². The van der Waals surface area contributed by atoms with Crippen LogP contribution < -0.4 is 10.6 Å². The van der Waals surface area contributed by atoms with E-state index in [1.165, 1.54) is 11.3 Å². The van der Waals surface area contributed by atoms with E-state index in [0.29, 0.717) is 5.56 Å². The minimum absolute atomic E-state index is 0.341. The number of amides is 1. The molecular formula is C12H16N2O. The summed E-state index contributed by atoms with van der Waals surface area (Å²) < 4.78 is 0. The van der Waals surface area contributed by atoms with Gasteiger partial charge in [-0.25, -0.2) is 0 Å². The molecule has 0 aromatic heterocycles. The Morgan fingerprint density at radius 2 is 2.33 bits per heavy atom. The van der Waals surface area contributed by atoms with Gasteiger partial charge in [0.05, 0.1) is 0 Å². The van der Waals surface area contributed by atoms with E-state index in [1.54, 1.807) is 0 Å². The molecule has 3 heteroatoms. The molecule has 0 unspecified atom stereocenters. The third-order valence-corrected chi connectivity index (χ3v) is 2.85. The van der Waals surface area contributed by atoms with Crippen molar-refractivity contribution in [2.24, 2.45) is 5.73 Å². The zero-order valence-corrected chi connectivity index (χ0v) is 8.99. The molecule has 1 aliphatic heterocycles. The summed E-state index contributed by atoms with van der Waals surface area (Å²) in [6.45, 7) is 4.32. The average molecular weight is 204 g/mol. The van der Waals surface area contributed by atoms with Gasteiger partial charge in [0.25, 0.3) is 0 Å². The molecule has 2 rings (SSSR count). The van der Waals surface area contributed by atoms with E-state index in [9.17, 15) is 4.79 Å². The zero-order valence-electron chi connectivity index (χ0n) is 8.99. The molecular weight excluding hydrogens is 188 g/mol. The number of anilines is 1. The zero-order chi connectivity index (χ0) is 10.8. The standard InChI is InChI=1S/C12H16N2O/c1-2-6-14-7-5-9-8-10(12(13)15)3-4-11(9)14/h3-4,8H,2,5-7H2,1H3,(H2,13,15). The Kier molecular flexibility index (Phi) is 2.62. The second kappa shape index (κ2) is 3.93. The lowest BCUT2D eigenvalue weighted by molar-refractivity contribution is 0.100. The van der Waals surface area contributed by atoms with Gasteiger partial charge in [-0.05, 0) is 36.6 Å². The molecule has 0 radical (unpaired) electrons. The van der Waals surface area contributed by atoms with Gasteiger partial charge in [0.15, 0.2) is 0 Å². The van der Waals surface area contributed by atoms with Crippen molar-refractivity contribution in [3.05, 3.63) is 29.3 Å². The van der Waals surface area contributed by atoms with Gasteiger partial charge in [-0.1, -0.05) is 6.92 Å². The van der Waals surface area contributed by atoms with E-state index in [1.807, 2.05) is 18.2 Å². The van der Waals surface area contributed by atoms with E-state index in [0.717, 1.165) is 25.9 Å². The smallest absolute Gasteiger partial charge is 0.248 e. The number of nitrogens with zero attached hydrogens (tertiary/aromatic N) is 1. The Morgan fingerprint density at radius 1 is 1.53 bits per heavy atom. The van der Waals surface area contributed by atoms with Crippen LogP contribution in [0, 0.1) is 0 Å². The maximum Gasteiger partial charge on any atom is 0.248 e. The molecule has 0 bridgehead atoms. The topological polar surface area (TPSA) is 46.3 Å². The van der Waals surface area contributed by atoms with Gasteiger partial charge in [0, 0.05) is 24.3 Å². The van der Waals surface area contributed by atoms with Crippen molar-refractivity contribution in [1.82, 2.24) is 0 Å².